The molecule has 0 spiro atoms. The zero-order valence-electron chi connectivity index (χ0n) is 19.4. The van der Waals surface area contributed by atoms with Crippen molar-refractivity contribution in [1.29, 1.82) is 0 Å². The molecular formula is C26H35NO3S. The van der Waals surface area contributed by atoms with Gasteiger partial charge in [0.05, 0.1) is 12.7 Å². The van der Waals surface area contributed by atoms with Crippen molar-refractivity contribution in [2.45, 2.75) is 39.4 Å². The first-order chi connectivity index (χ1) is 14.9. The molecule has 1 unspecified atom stereocenters. The number of hydrogen-bond acceptors (Lipinski definition) is 5. The van der Waals surface area contributed by atoms with E-state index in [9.17, 15) is 0 Å². The molecule has 1 atom stereocenters. The van der Waals surface area contributed by atoms with Gasteiger partial charge in [-0.2, -0.15) is 11.3 Å². The molecule has 0 aliphatic heterocycles. The second-order valence-electron chi connectivity index (χ2n) is 7.81. The van der Waals surface area contributed by atoms with E-state index in [0.717, 1.165) is 25.4 Å². The van der Waals surface area contributed by atoms with Crippen LogP contribution < -0.4 is 4.74 Å². The zero-order valence-corrected chi connectivity index (χ0v) is 20.2. The van der Waals surface area contributed by atoms with Crippen LogP contribution in [0.1, 0.15) is 27.7 Å². The summed E-state index contributed by atoms with van der Waals surface area (Å²) in [5, 5.41) is 4.23. The number of allylic oxidation sites excluding steroid dienone is 1. The Bertz CT molecular complexity index is 849. The first-order valence-corrected chi connectivity index (χ1v) is 11.7. The highest BCUT2D eigenvalue weighted by Crippen LogP contribution is 2.25. The van der Waals surface area contributed by atoms with E-state index in [1.807, 2.05) is 39.0 Å². The van der Waals surface area contributed by atoms with Crippen molar-refractivity contribution >= 4 is 11.3 Å². The average molecular weight is 442 g/mol. The number of rotatable bonds is 12. The lowest BCUT2D eigenvalue weighted by molar-refractivity contribution is 0.0222. The molecule has 31 heavy (non-hydrogen) atoms. The summed E-state index contributed by atoms with van der Waals surface area (Å²) in [6, 6.07) is 10.3. The standard InChI is InChI=1S/C26H35NO3S/c1-6-27(15-9-7-8-14-26(3,4)28-5)16-17-29-22(2)20-30-25-12-10-11-23(19-25)24-13-18-31-21-24/h7,9-13,18-19,21-22H,6,15-17,20H2,1-5H3. The Morgan fingerprint density at radius 2 is 2.06 bits per heavy atom. The smallest absolute Gasteiger partial charge is 0.123 e. The summed E-state index contributed by atoms with van der Waals surface area (Å²) in [7, 11) is 1.67. The predicted molar refractivity (Wildman–Crippen MR) is 131 cm³/mol. The van der Waals surface area contributed by atoms with Gasteiger partial charge in [-0.05, 0) is 73.5 Å². The van der Waals surface area contributed by atoms with Crippen molar-refractivity contribution in [2.24, 2.45) is 0 Å². The van der Waals surface area contributed by atoms with Gasteiger partial charge in [-0.25, -0.2) is 0 Å². The summed E-state index contributed by atoms with van der Waals surface area (Å²) in [6.45, 7) is 12.0. The van der Waals surface area contributed by atoms with E-state index in [4.69, 9.17) is 14.2 Å². The van der Waals surface area contributed by atoms with E-state index in [-0.39, 0.29) is 6.10 Å². The maximum Gasteiger partial charge on any atom is 0.123 e. The van der Waals surface area contributed by atoms with Crippen LogP contribution in [0.3, 0.4) is 0 Å². The Labute approximate surface area is 191 Å². The van der Waals surface area contributed by atoms with Crippen molar-refractivity contribution in [1.82, 2.24) is 4.90 Å². The molecule has 4 nitrogen and oxygen atoms in total. The average Bonchev–Trinajstić information content (AvgIpc) is 3.31. The van der Waals surface area contributed by atoms with E-state index in [2.05, 4.69) is 58.7 Å². The monoisotopic (exact) mass is 441 g/mol. The Kier molecular flexibility index (Phi) is 10.8. The normalized spacial score (nSPS) is 12.7. The largest absolute Gasteiger partial charge is 0.491 e. The number of hydrogen-bond donors (Lipinski definition) is 0. The third-order valence-corrected chi connectivity index (χ3v) is 5.56. The lowest BCUT2D eigenvalue weighted by Gasteiger charge is -2.20. The molecule has 0 aliphatic rings. The Hall–Kier alpha value is -2.10. The van der Waals surface area contributed by atoms with Gasteiger partial charge in [0.1, 0.15) is 18.0 Å². The van der Waals surface area contributed by atoms with Gasteiger partial charge in [0, 0.05) is 20.2 Å². The van der Waals surface area contributed by atoms with Gasteiger partial charge in [-0.3, -0.25) is 4.90 Å². The molecule has 0 saturated heterocycles. The molecule has 168 valence electrons. The summed E-state index contributed by atoms with van der Waals surface area (Å²) in [5.41, 5.74) is 1.99. The van der Waals surface area contributed by atoms with Gasteiger partial charge < -0.3 is 14.2 Å². The third kappa shape index (κ3) is 9.71. The zero-order chi connectivity index (χ0) is 22.5. The summed E-state index contributed by atoms with van der Waals surface area (Å²) in [5.74, 6) is 7.00. The van der Waals surface area contributed by atoms with Crippen LogP contribution >= 0.6 is 11.3 Å². The number of nitrogens with zero attached hydrogens (tertiary/aromatic N) is 1. The highest BCUT2D eigenvalue weighted by molar-refractivity contribution is 7.08. The molecule has 2 aromatic rings. The van der Waals surface area contributed by atoms with E-state index in [1.165, 1.54) is 11.1 Å². The molecule has 0 amide bonds. The Balaban J connectivity index is 1.68. The second-order valence-corrected chi connectivity index (χ2v) is 8.59. The highest BCUT2D eigenvalue weighted by Gasteiger charge is 2.10. The van der Waals surface area contributed by atoms with Crippen molar-refractivity contribution in [2.75, 3.05) is 40.0 Å². The minimum Gasteiger partial charge on any atom is -0.491 e. The van der Waals surface area contributed by atoms with Gasteiger partial charge in [0.2, 0.25) is 0 Å². The van der Waals surface area contributed by atoms with Crippen LogP contribution in [0.5, 0.6) is 5.75 Å². The number of thiophene rings is 1. The molecule has 0 bridgehead atoms. The first kappa shape index (κ1) is 25.2. The van der Waals surface area contributed by atoms with Crippen LogP contribution in [0.4, 0.5) is 0 Å². The van der Waals surface area contributed by atoms with E-state index in [0.29, 0.717) is 13.2 Å². The second kappa shape index (κ2) is 13.3. The summed E-state index contributed by atoms with van der Waals surface area (Å²) < 4.78 is 17.2. The predicted octanol–water partition coefficient (Wildman–Crippen LogP) is 5.51. The minimum absolute atomic E-state index is 0.0289. The third-order valence-electron chi connectivity index (χ3n) is 4.88. The molecule has 0 fully saturated rings. The topological polar surface area (TPSA) is 30.9 Å². The minimum atomic E-state index is -0.411. The fourth-order valence-corrected chi connectivity index (χ4v) is 3.41. The maximum atomic E-state index is 5.95. The number of benzene rings is 1. The number of likely N-dealkylation sites (N-methyl/N-ethyl adjacent to an activating group) is 1. The molecule has 0 N–H and O–H groups in total. The van der Waals surface area contributed by atoms with Crippen LogP contribution in [0.15, 0.2) is 53.2 Å². The molecule has 0 saturated carbocycles. The SMILES string of the molecule is CCN(CC=CC#CC(C)(C)OC)CCOC(C)COc1cccc(-c2ccsc2)c1. The molecule has 0 radical (unpaired) electrons. The molecule has 1 aromatic heterocycles. The van der Waals surface area contributed by atoms with Crippen molar-refractivity contribution < 1.29 is 14.2 Å². The fourth-order valence-electron chi connectivity index (χ4n) is 2.74. The molecule has 1 heterocycles. The van der Waals surface area contributed by atoms with E-state index >= 15 is 0 Å². The van der Waals surface area contributed by atoms with Crippen LogP contribution in [-0.2, 0) is 9.47 Å². The van der Waals surface area contributed by atoms with E-state index < -0.39 is 5.60 Å². The van der Waals surface area contributed by atoms with Crippen molar-refractivity contribution in [3.05, 3.63) is 53.2 Å². The van der Waals surface area contributed by atoms with Gasteiger partial charge >= 0.3 is 0 Å². The molecule has 5 heteroatoms. The maximum absolute atomic E-state index is 5.95. The van der Waals surface area contributed by atoms with Crippen LogP contribution in [0, 0.1) is 11.8 Å². The lowest BCUT2D eigenvalue weighted by atomic mass is 10.1. The molecule has 1 aromatic carbocycles. The summed E-state index contributed by atoms with van der Waals surface area (Å²) >= 11 is 1.70. The lowest BCUT2D eigenvalue weighted by Crippen LogP contribution is -2.30. The van der Waals surface area contributed by atoms with Crippen molar-refractivity contribution in [3.63, 3.8) is 0 Å². The highest BCUT2D eigenvalue weighted by atomic mass is 32.1. The van der Waals surface area contributed by atoms with Gasteiger partial charge in [0.15, 0.2) is 0 Å². The Morgan fingerprint density at radius 1 is 1.23 bits per heavy atom. The fraction of sp³-hybridized carbons (Fsp3) is 0.462. The number of ether oxygens (including phenoxy) is 3. The first-order valence-electron chi connectivity index (χ1n) is 10.8. The summed E-state index contributed by atoms with van der Waals surface area (Å²) in [4.78, 5) is 2.32. The van der Waals surface area contributed by atoms with Crippen LogP contribution in [0.2, 0.25) is 0 Å². The van der Waals surface area contributed by atoms with Crippen molar-refractivity contribution in [3.8, 4) is 28.7 Å². The molecule has 0 aliphatic carbocycles. The van der Waals surface area contributed by atoms with Gasteiger partial charge in [-0.1, -0.05) is 37.0 Å². The summed E-state index contributed by atoms with van der Waals surface area (Å²) in [6.07, 6.45) is 4.00. The Morgan fingerprint density at radius 3 is 2.77 bits per heavy atom. The molecule has 2 rings (SSSR count). The number of methoxy groups -OCH3 is 1. The molecular weight excluding hydrogens is 406 g/mol. The van der Waals surface area contributed by atoms with Gasteiger partial charge in [0.25, 0.3) is 0 Å². The van der Waals surface area contributed by atoms with E-state index in [1.54, 1.807) is 18.4 Å². The quantitative estimate of drug-likeness (QED) is 0.407. The van der Waals surface area contributed by atoms with Crippen LogP contribution in [-0.4, -0.2) is 56.6 Å². The van der Waals surface area contributed by atoms with Crippen LogP contribution in [0.25, 0.3) is 11.1 Å². The van der Waals surface area contributed by atoms with Gasteiger partial charge in [-0.15, -0.1) is 0 Å².